The highest BCUT2D eigenvalue weighted by atomic mass is 79.9. The van der Waals surface area contributed by atoms with E-state index >= 15 is 0 Å². The van der Waals surface area contributed by atoms with Crippen molar-refractivity contribution in [2.45, 2.75) is 45.1 Å². The summed E-state index contributed by atoms with van der Waals surface area (Å²) < 4.78 is 6.38. The van der Waals surface area contributed by atoms with Crippen LogP contribution in [0, 0.1) is 6.92 Å². The number of aromatic nitrogens is 2. The van der Waals surface area contributed by atoms with Gasteiger partial charge in [0.15, 0.2) is 0 Å². The maximum Gasteiger partial charge on any atom is 0.135 e. The van der Waals surface area contributed by atoms with Crippen molar-refractivity contribution in [2.24, 2.45) is 0 Å². The first-order chi connectivity index (χ1) is 12.2. The fraction of sp³-hybridized carbons (Fsp3) is 0.579. The van der Waals surface area contributed by atoms with Gasteiger partial charge in [0, 0.05) is 29.0 Å². The van der Waals surface area contributed by atoms with Gasteiger partial charge in [0.2, 0.25) is 0 Å². The minimum absolute atomic E-state index is 0.531. The van der Waals surface area contributed by atoms with Gasteiger partial charge in [-0.2, -0.15) is 0 Å². The van der Waals surface area contributed by atoms with Crippen molar-refractivity contribution in [1.29, 1.82) is 0 Å². The second kappa shape index (κ2) is 8.92. The summed E-state index contributed by atoms with van der Waals surface area (Å²) in [6.07, 6.45) is 8.69. The zero-order chi connectivity index (χ0) is 17.6. The van der Waals surface area contributed by atoms with Gasteiger partial charge < -0.3 is 10.5 Å². The molecule has 2 aromatic rings. The van der Waals surface area contributed by atoms with E-state index in [1.165, 1.54) is 51.5 Å². The van der Waals surface area contributed by atoms with Crippen LogP contribution in [-0.2, 0) is 4.74 Å². The SMILES string of the molecule is C1CCC(N2CCOCC2)CC1.Cc1c(Br)ccc2ncnc(N)c12. The summed E-state index contributed by atoms with van der Waals surface area (Å²) in [5.74, 6) is 0.531. The lowest BCUT2D eigenvalue weighted by molar-refractivity contribution is 0.00858. The number of anilines is 1. The number of rotatable bonds is 1. The van der Waals surface area contributed by atoms with E-state index in [9.17, 15) is 0 Å². The summed E-state index contributed by atoms with van der Waals surface area (Å²) in [5, 5.41) is 0.928. The lowest BCUT2D eigenvalue weighted by atomic mass is 9.94. The minimum Gasteiger partial charge on any atom is -0.383 e. The molecule has 1 saturated heterocycles. The normalized spacial score (nSPS) is 19.4. The van der Waals surface area contributed by atoms with E-state index in [0.717, 1.165) is 40.2 Å². The zero-order valence-electron chi connectivity index (χ0n) is 14.9. The second-order valence-electron chi connectivity index (χ2n) is 6.77. The first kappa shape index (κ1) is 18.5. The summed E-state index contributed by atoms with van der Waals surface area (Å²) in [6, 6.07) is 4.77. The van der Waals surface area contributed by atoms with Crippen LogP contribution in [0.4, 0.5) is 5.82 Å². The molecule has 136 valence electrons. The molecule has 1 aliphatic heterocycles. The molecule has 0 unspecified atom stereocenters. The van der Waals surface area contributed by atoms with E-state index < -0.39 is 0 Å². The fourth-order valence-electron chi connectivity index (χ4n) is 3.71. The molecule has 25 heavy (non-hydrogen) atoms. The molecule has 5 nitrogen and oxygen atoms in total. The lowest BCUT2D eigenvalue weighted by Gasteiger charge is -2.36. The van der Waals surface area contributed by atoms with Gasteiger partial charge in [0.25, 0.3) is 0 Å². The number of aryl methyl sites for hydroxylation is 1. The van der Waals surface area contributed by atoms with Crippen molar-refractivity contribution in [2.75, 3.05) is 32.0 Å². The number of nitrogen functional groups attached to an aromatic ring is 1. The molecule has 0 radical (unpaired) electrons. The van der Waals surface area contributed by atoms with E-state index in [4.69, 9.17) is 10.5 Å². The fourth-order valence-corrected chi connectivity index (χ4v) is 4.04. The van der Waals surface area contributed by atoms with Crippen LogP contribution in [0.2, 0.25) is 0 Å². The average Bonchev–Trinajstić information content (AvgIpc) is 2.67. The monoisotopic (exact) mass is 406 g/mol. The Morgan fingerprint density at radius 3 is 2.56 bits per heavy atom. The Bertz CT molecular complexity index is 681. The standard InChI is InChI=1S/C10H19NO.C9H8BrN3/c1-2-4-10(5-3-1)11-6-8-12-9-7-11;1-5-6(10)2-3-7-8(5)9(11)13-4-12-7/h10H,1-9H2;2-4H,1H3,(H2,11,12,13). The quantitative estimate of drug-likeness (QED) is 0.776. The van der Waals surface area contributed by atoms with Crippen LogP contribution in [0.15, 0.2) is 22.9 Å². The van der Waals surface area contributed by atoms with Crippen LogP contribution in [0.1, 0.15) is 37.7 Å². The molecule has 2 aliphatic rings. The predicted octanol–water partition coefficient (Wildman–Crippen LogP) is 3.93. The van der Waals surface area contributed by atoms with Crippen LogP contribution >= 0.6 is 15.9 Å². The van der Waals surface area contributed by atoms with E-state index in [-0.39, 0.29) is 0 Å². The third kappa shape index (κ3) is 4.68. The highest BCUT2D eigenvalue weighted by molar-refractivity contribution is 9.10. The number of hydrogen-bond acceptors (Lipinski definition) is 5. The second-order valence-corrected chi connectivity index (χ2v) is 7.62. The van der Waals surface area contributed by atoms with Crippen molar-refractivity contribution >= 4 is 32.7 Å². The van der Waals surface area contributed by atoms with E-state index in [2.05, 4.69) is 30.8 Å². The summed E-state index contributed by atoms with van der Waals surface area (Å²) in [5.41, 5.74) is 7.72. The highest BCUT2D eigenvalue weighted by Gasteiger charge is 2.22. The maximum atomic E-state index is 5.75. The number of hydrogen-bond donors (Lipinski definition) is 1. The lowest BCUT2D eigenvalue weighted by Crippen LogP contribution is -2.44. The topological polar surface area (TPSA) is 64.3 Å². The summed E-state index contributed by atoms with van der Waals surface area (Å²) in [7, 11) is 0. The van der Waals surface area contributed by atoms with Crippen LogP contribution in [0.25, 0.3) is 10.9 Å². The first-order valence-corrected chi connectivity index (χ1v) is 9.93. The number of halogens is 1. The molecular formula is C19H27BrN4O. The summed E-state index contributed by atoms with van der Waals surface area (Å²) in [4.78, 5) is 10.7. The number of benzene rings is 1. The van der Waals surface area contributed by atoms with Crippen molar-refractivity contribution in [3.63, 3.8) is 0 Å². The van der Waals surface area contributed by atoms with E-state index in [1.54, 1.807) is 0 Å². The Balaban J connectivity index is 0.000000146. The molecule has 0 bridgehead atoms. The van der Waals surface area contributed by atoms with Gasteiger partial charge in [-0.1, -0.05) is 35.2 Å². The van der Waals surface area contributed by atoms with Gasteiger partial charge in [0.05, 0.1) is 18.7 Å². The number of fused-ring (bicyclic) bond motifs is 1. The van der Waals surface area contributed by atoms with Gasteiger partial charge >= 0.3 is 0 Å². The molecule has 0 amide bonds. The van der Waals surface area contributed by atoms with Gasteiger partial charge in [0.1, 0.15) is 12.1 Å². The van der Waals surface area contributed by atoms with Crippen LogP contribution in [0.5, 0.6) is 0 Å². The molecule has 2 fully saturated rings. The molecule has 1 aromatic carbocycles. The zero-order valence-corrected chi connectivity index (χ0v) is 16.5. The number of nitrogens with two attached hydrogens (primary N) is 1. The summed E-state index contributed by atoms with van der Waals surface area (Å²) >= 11 is 3.44. The Kier molecular flexibility index (Phi) is 6.62. The first-order valence-electron chi connectivity index (χ1n) is 9.14. The van der Waals surface area contributed by atoms with Crippen LogP contribution in [-0.4, -0.2) is 47.2 Å². The Morgan fingerprint density at radius 2 is 1.84 bits per heavy atom. The Hall–Kier alpha value is -1.24. The molecular weight excluding hydrogens is 380 g/mol. The van der Waals surface area contributed by atoms with Crippen LogP contribution < -0.4 is 5.73 Å². The van der Waals surface area contributed by atoms with Gasteiger partial charge in [-0.05, 0) is 37.5 Å². The molecule has 1 aromatic heterocycles. The van der Waals surface area contributed by atoms with Crippen molar-refractivity contribution in [1.82, 2.24) is 14.9 Å². The minimum atomic E-state index is 0.531. The van der Waals surface area contributed by atoms with E-state index in [1.807, 2.05) is 19.1 Å². The highest BCUT2D eigenvalue weighted by Crippen LogP contribution is 2.27. The smallest absolute Gasteiger partial charge is 0.135 e. The maximum absolute atomic E-state index is 5.75. The van der Waals surface area contributed by atoms with Gasteiger partial charge in [-0.3, -0.25) is 4.90 Å². The van der Waals surface area contributed by atoms with Crippen molar-refractivity contribution in [3.05, 3.63) is 28.5 Å². The average molecular weight is 407 g/mol. The van der Waals surface area contributed by atoms with Crippen LogP contribution in [0.3, 0.4) is 0 Å². The number of ether oxygens (including phenoxy) is 1. The van der Waals surface area contributed by atoms with E-state index in [0.29, 0.717) is 5.82 Å². The summed E-state index contributed by atoms with van der Waals surface area (Å²) in [6.45, 7) is 6.24. The molecule has 4 rings (SSSR count). The number of nitrogens with zero attached hydrogens (tertiary/aromatic N) is 3. The molecule has 1 saturated carbocycles. The molecule has 0 atom stereocenters. The third-order valence-corrected chi connectivity index (χ3v) is 6.02. The Labute approximate surface area is 158 Å². The van der Waals surface area contributed by atoms with Gasteiger partial charge in [-0.15, -0.1) is 0 Å². The van der Waals surface area contributed by atoms with Crippen molar-refractivity contribution < 1.29 is 4.74 Å². The third-order valence-electron chi connectivity index (χ3n) is 5.16. The Morgan fingerprint density at radius 1 is 1.12 bits per heavy atom. The number of morpholine rings is 1. The molecule has 2 heterocycles. The molecule has 1 aliphatic carbocycles. The molecule has 2 N–H and O–H groups in total. The van der Waals surface area contributed by atoms with Crippen molar-refractivity contribution in [3.8, 4) is 0 Å². The predicted molar refractivity (Wildman–Crippen MR) is 106 cm³/mol. The van der Waals surface area contributed by atoms with Gasteiger partial charge in [-0.25, -0.2) is 9.97 Å². The molecule has 6 heteroatoms. The molecule has 0 spiro atoms. The largest absolute Gasteiger partial charge is 0.383 e.